The van der Waals surface area contributed by atoms with Crippen molar-refractivity contribution in [2.45, 2.75) is 64.9 Å². The van der Waals surface area contributed by atoms with Crippen LogP contribution in [0.1, 0.15) is 56.2 Å². The van der Waals surface area contributed by atoms with Crippen molar-refractivity contribution in [3.05, 3.63) is 46.3 Å². The van der Waals surface area contributed by atoms with Crippen molar-refractivity contribution in [2.24, 2.45) is 0 Å². The number of nitrogens with two attached hydrogens (primary N) is 1. The van der Waals surface area contributed by atoms with E-state index in [1.165, 1.54) is 18.4 Å². The molecule has 1 aromatic heterocycles. The molecule has 0 radical (unpaired) electrons. The first-order valence-corrected chi connectivity index (χ1v) is 14.4. The lowest BCUT2D eigenvalue weighted by Gasteiger charge is -2.27. The highest BCUT2D eigenvalue weighted by Gasteiger charge is 2.29. The molecule has 4 rings (SSSR count). The first-order valence-electron chi connectivity index (χ1n) is 13.6. The summed E-state index contributed by atoms with van der Waals surface area (Å²) in [5, 5.41) is 2.47. The maximum Gasteiger partial charge on any atom is 0.347 e. The number of nitrogens with zero attached hydrogens (tertiary/aromatic N) is 1. The van der Waals surface area contributed by atoms with Crippen LogP contribution in [0, 0.1) is 0 Å². The molecule has 3 aromatic rings. The Kier molecular flexibility index (Phi) is 9.92. The highest BCUT2D eigenvalue weighted by Crippen LogP contribution is 2.40. The van der Waals surface area contributed by atoms with Crippen LogP contribution < -0.4 is 24.7 Å². The molecule has 0 aliphatic carbocycles. The van der Waals surface area contributed by atoms with E-state index in [0.717, 1.165) is 83.0 Å². The van der Waals surface area contributed by atoms with Gasteiger partial charge in [-0.3, -0.25) is 0 Å². The normalized spacial score (nSPS) is 14.3. The number of carbonyl (C=O) groups is 1. The molecule has 1 atom stereocenters. The predicted octanol–water partition coefficient (Wildman–Crippen LogP) is 6.02. The van der Waals surface area contributed by atoms with Gasteiger partial charge in [0, 0.05) is 28.5 Å². The van der Waals surface area contributed by atoms with Crippen LogP contribution in [0.25, 0.3) is 11.3 Å². The van der Waals surface area contributed by atoms with Crippen LogP contribution in [0.5, 0.6) is 23.0 Å². The quantitative estimate of drug-likeness (QED) is 0.202. The van der Waals surface area contributed by atoms with Gasteiger partial charge in [0.2, 0.25) is 0 Å². The molecular formula is C30H38N2O6S. The van der Waals surface area contributed by atoms with Gasteiger partial charge in [0.15, 0.2) is 11.2 Å². The molecule has 0 amide bonds. The van der Waals surface area contributed by atoms with Crippen molar-refractivity contribution in [3.63, 3.8) is 0 Å². The van der Waals surface area contributed by atoms with E-state index in [2.05, 4.69) is 18.8 Å². The van der Waals surface area contributed by atoms with Gasteiger partial charge in [-0.05, 0) is 49.4 Å². The molecule has 39 heavy (non-hydrogen) atoms. The van der Waals surface area contributed by atoms with Crippen LogP contribution in [0.3, 0.4) is 0 Å². The Morgan fingerprint density at radius 3 is 2.38 bits per heavy atom. The van der Waals surface area contributed by atoms with E-state index in [4.69, 9.17) is 29.4 Å². The molecule has 1 unspecified atom stereocenters. The summed E-state index contributed by atoms with van der Waals surface area (Å²) in [5.74, 6) is 2.81. The molecule has 2 aromatic carbocycles. The van der Waals surface area contributed by atoms with Crippen LogP contribution in [0.2, 0.25) is 0 Å². The summed E-state index contributed by atoms with van der Waals surface area (Å²) >= 11 is 1.41. The number of carbonyl (C=O) groups excluding carboxylic acids is 1. The third-order valence-electron chi connectivity index (χ3n) is 6.72. The fraction of sp³-hybridized carbons (Fsp3) is 0.467. The van der Waals surface area contributed by atoms with E-state index < -0.39 is 6.10 Å². The number of aromatic nitrogens is 1. The molecule has 0 spiro atoms. The zero-order chi connectivity index (χ0) is 27.8. The standard InChI is InChI=1S/C30H38N2O6S/c1-5-8-21-24(13-10-19-11-14-26(29(33)35-4)38-27(19)21)36-16-7-17-37-25-15-12-20(23-18-39-30(31)32-23)28(34-3)22(25)9-6-2/h10,12-13,15,18,26H,5-9,11,14,16-17H2,1-4H3,(H2,31,32). The summed E-state index contributed by atoms with van der Waals surface area (Å²) in [6.07, 6.45) is 5.04. The number of benzene rings is 2. The van der Waals surface area contributed by atoms with Gasteiger partial charge in [-0.25, -0.2) is 9.78 Å². The SMILES string of the molecule is CCCc1c(OCCCOc2ccc(-c3csc(N)n3)c(OC)c2CCC)ccc2c1OC(C(=O)OC)CC2. The van der Waals surface area contributed by atoms with E-state index in [1.54, 1.807) is 7.11 Å². The van der Waals surface area contributed by atoms with Gasteiger partial charge in [-0.15, -0.1) is 11.3 Å². The highest BCUT2D eigenvalue weighted by molar-refractivity contribution is 7.13. The Bertz CT molecular complexity index is 1270. The summed E-state index contributed by atoms with van der Waals surface area (Å²) in [5.41, 5.74) is 10.7. The third-order valence-corrected chi connectivity index (χ3v) is 7.40. The van der Waals surface area contributed by atoms with Crippen molar-refractivity contribution in [1.82, 2.24) is 4.98 Å². The molecule has 0 saturated heterocycles. The molecule has 0 fully saturated rings. The molecule has 8 nitrogen and oxygen atoms in total. The molecule has 0 bridgehead atoms. The lowest BCUT2D eigenvalue weighted by Crippen LogP contribution is -2.32. The first-order chi connectivity index (χ1) is 19.0. The average molecular weight is 555 g/mol. The number of fused-ring (bicyclic) bond motifs is 1. The number of ether oxygens (including phenoxy) is 5. The topological polar surface area (TPSA) is 102 Å². The second kappa shape index (κ2) is 13.6. The number of aryl methyl sites for hydroxylation is 1. The van der Waals surface area contributed by atoms with Crippen molar-refractivity contribution in [2.75, 3.05) is 33.2 Å². The summed E-state index contributed by atoms with van der Waals surface area (Å²) < 4.78 is 29.2. The van der Waals surface area contributed by atoms with E-state index in [0.29, 0.717) is 31.2 Å². The zero-order valence-electron chi connectivity index (χ0n) is 23.2. The number of thiazole rings is 1. The number of anilines is 1. The Labute approximate surface area is 234 Å². The Morgan fingerprint density at radius 1 is 1.05 bits per heavy atom. The summed E-state index contributed by atoms with van der Waals surface area (Å²) in [6.45, 7) is 5.24. The van der Waals surface area contributed by atoms with Gasteiger partial charge in [0.05, 0.1) is 33.1 Å². The maximum absolute atomic E-state index is 12.1. The molecule has 1 aliphatic rings. The van der Waals surface area contributed by atoms with E-state index >= 15 is 0 Å². The molecule has 9 heteroatoms. The van der Waals surface area contributed by atoms with Crippen molar-refractivity contribution in [3.8, 4) is 34.3 Å². The van der Waals surface area contributed by atoms with Crippen LogP contribution >= 0.6 is 11.3 Å². The van der Waals surface area contributed by atoms with Crippen molar-refractivity contribution in [1.29, 1.82) is 0 Å². The molecular weight excluding hydrogens is 516 g/mol. The van der Waals surface area contributed by atoms with Crippen LogP contribution in [0.4, 0.5) is 5.13 Å². The monoisotopic (exact) mass is 554 g/mol. The molecule has 210 valence electrons. The summed E-state index contributed by atoms with van der Waals surface area (Å²) in [7, 11) is 3.07. The van der Waals surface area contributed by atoms with Gasteiger partial charge < -0.3 is 29.4 Å². The Balaban J connectivity index is 1.41. The number of nitrogen functional groups attached to an aromatic ring is 1. The van der Waals surface area contributed by atoms with Gasteiger partial charge in [-0.1, -0.05) is 32.8 Å². The molecule has 2 N–H and O–H groups in total. The molecule has 1 aliphatic heterocycles. The minimum Gasteiger partial charge on any atom is -0.496 e. The second-order valence-electron chi connectivity index (χ2n) is 9.44. The summed E-state index contributed by atoms with van der Waals surface area (Å²) in [6, 6.07) is 8.01. The maximum atomic E-state index is 12.1. The lowest BCUT2D eigenvalue weighted by atomic mass is 9.96. The predicted molar refractivity (Wildman–Crippen MR) is 153 cm³/mol. The molecule has 0 saturated carbocycles. The third kappa shape index (κ3) is 6.58. The van der Waals surface area contributed by atoms with Gasteiger partial charge in [-0.2, -0.15) is 0 Å². The first kappa shape index (κ1) is 28.5. The van der Waals surface area contributed by atoms with E-state index in [1.807, 2.05) is 29.6 Å². The van der Waals surface area contributed by atoms with Gasteiger partial charge in [0.1, 0.15) is 23.0 Å². The van der Waals surface area contributed by atoms with Gasteiger partial charge >= 0.3 is 5.97 Å². The van der Waals surface area contributed by atoms with Gasteiger partial charge in [0.25, 0.3) is 0 Å². The Morgan fingerprint density at radius 2 is 1.74 bits per heavy atom. The number of hydrogen-bond acceptors (Lipinski definition) is 9. The molecule has 2 heterocycles. The number of hydrogen-bond donors (Lipinski definition) is 1. The largest absolute Gasteiger partial charge is 0.496 e. The lowest BCUT2D eigenvalue weighted by molar-refractivity contribution is -0.149. The van der Waals surface area contributed by atoms with E-state index in [-0.39, 0.29) is 5.97 Å². The minimum atomic E-state index is -0.574. The van der Waals surface area contributed by atoms with Crippen LogP contribution in [-0.4, -0.2) is 44.5 Å². The fourth-order valence-corrected chi connectivity index (χ4v) is 5.47. The fourth-order valence-electron chi connectivity index (χ4n) is 4.91. The van der Waals surface area contributed by atoms with Crippen molar-refractivity contribution < 1.29 is 28.5 Å². The average Bonchev–Trinajstić information content (AvgIpc) is 3.39. The smallest absolute Gasteiger partial charge is 0.347 e. The van der Waals surface area contributed by atoms with E-state index in [9.17, 15) is 4.79 Å². The Hall–Kier alpha value is -3.46. The number of methoxy groups -OCH3 is 2. The minimum absolute atomic E-state index is 0.339. The van der Waals surface area contributed by atoms with Crippen LogP contribution in [0.15, 0.2) is 29.6 Å². The number of esters is 1. The zero-order valence-corrected chi connectivity index (χ0v) is 24.0. The van der Waals surface area contributed by atoms with Crippen molar-refractivity contribution >= 4 is 22.4 Å². The number of rotatable bonds is 13. The highest BCUT2D eigenvalue weighted by atomic mass is 32.1. The summed E-state index contributed by atoms with van der Waals surface area (Å²) in [4.78, 5) is 16.5. The second-order valence-corrected chi connectivity index (χ2v) is 10.3. The van der Waals surface area contributed by atoms with Crippen LogP contribution in [-0.2, 0) is 28.8 Å².